The molecule has 1 atom stereocenters. The maximum absolute atomic E-state index is 13.4. The van der Waals surface area contributed by atoms with E-state index in [2.05, 4.69) is 4.90 Å². The minimum Gasteiger partial charge on any atom is -0.328 e. The van der Waals surface area contributed by atoms with E-state index < -0.39 is 10.7 Å². The second-order valence-corrected chi connectivity index (χ2v) is 5.55. The highest BCUT2D eigenvalue weighted by atomic mass is 19.1. The van der Waals surface area contributed by atoms with Crippen molar-refractivity contribution in [1.82, 2.24) is 4.90 Å². The molecule has 20 heavy (non-hydrogen) atoms. The molecule has 1 saturated heterocycles. The van der Waals surface area contributed by atoms with Gasteiger partial charge in [-0.25, -0.2) is 4.39 Å². The summed E-state index contributed by atoms with van der Waals surface area (Å²) in [7, 11) is 0. The molecule has 1 fully saturated rings. The molecule has 2 N–H and O–H groups in total. The summed E-state index contributed by atoms with van der Waals surface area (Å²) < 4.78 is 13.4. The summed E-state index contributed by atoms with van der Waals surface area (Å²) >= 11 is 0. The van der Waals surface area contributed by atoms with Crippen molar-refractivity contribution < 1.29 is 9.31 Å². The van der Waals surface area contributed by atoms with Crippen LogP contribution in [0.25, 0.3) is 0 Å². The van der Waals surface area contributed by atoms with Gasteiger partial charge in [-0.2, -0.15) is 0 Å². The van der Waals surface area contributed by atoms with Gasteiger partial charge in [-0.3, -0.25) is 15.0 Å². The number of hydrogen-bond donors (Lipinski definition) is 1. The van der Waals surface area contributed by atoms with Gasteiger partial charge in [0.15, 0.2) is 0 Å². The molecule has 0 radical (unpaired) electrons. The van der Waals surface area contributed by atoms with Crippen LogP contribution in [0.4, 0.5) is 10.1 Å². The van der Waals surface area contributed by atoms with Gasteiger partial charge in [-0.05, 0) is 50.4 Å². The van der Waals surface area contributed by atoms with Crippen molar-refractivity contribution in [3.8, 4) is 0 Å². The molecular formula is C14H20FN3O2. The van der Waals surface area contributed by atoms with E-state index in [0.717, 1.165) is 32.0 Å². The van der Waals surface area contributed by atoms with Gasteiger partial charge in [-0.1, -0.05) is 0 Å². The second-order valence-electron chi connectivity index (χ2n) is 5.55. The lowest BCUT2D eigenvalue weighted by Crippen LogP contribution is -2.39. The standard InChI is InChI=1S/C14H20FN3O2/c1-10(16)12-2-4-17(5-3-12)9-11-6-13(15)8-14(7-11)18(19)20/h6-8,10,12H,2-5,9,16H2,1H3. The van der Waals surface area contributed by atoms with E-state index in [4.69, 9.17) is 5.73 Å². The van der Waals surface area contributed by atoms with E-state index in [0.29, 0.717) is 18.0 Å². The van der Waals surface area contributed by atoms with Crippen molar-refractivity contribution in [1.29, 1.82) is 0 Å². The third-order valence-corrected chi connectivity index (χ3v) is 3.94. The lowest BCUT2D eigenvalue weighted by molar-refractivity contribution is -0.385. The summed E-state index contributed by atoms with van der Waals surface area (Å²) in [5.74, 6) is -0.0206. The predicted molar refractivity (Wildman–Crippen MR) is 74.7 cm³/mol. The van der Waals surface area contributed by atoms with Gasteiger partial charge in [0.05, 0.1) is 11.0 Å². The van der Waals surface area contributed by atoms with E-state index in [1.54, 1.807) is 0 Å². The molecule has 0 bridgehead atoms. The van der Waals surface area contributed by atoms with Gasteiger partial charge >= 0.3 is 0 Å². The Hall–Kier alpha value is -1.53. The topological polar surface area (TPSA) is 72.4 Å². The van der Waals surface area contributed by atoms with Gasteiger partial charge in [0.25, 0.3) is 5.69 Å². The maximum atomic E-state index is 13.4. The molecule has 0 aromatic heterocycles. The van der Waals surface area contributed by atoms with Crippen LogP contribution in [0.5, 0.6) is 0 Å². The SMILES string of the molecule is CC(N)C1CCN(Cc2cc(F)cc([N+](=O)[O-])c2)CC1. The third-order valence-electron chi connectivity index (χ3n) is 3.94. The van der Waals surface area contributed by atoms with E-state index in [1.807, 2.05) is 6.92 Å². The molecule has 0 amide bonds. The molecule has 110 valence electrons. The minimum absolute atomic E-state index is 0.189. The smallest absolute Gasteiger partial charge is 0.272 e. The molecule has 1 unspecified atom stereocenters. The fourth-order valence-corrected chi connectivity index (χ4v) is 2.73. The van der Waals surface area contributed by atoms with E-state index in [-0.39, 0.29) is 11.7 Å². The van der Waals surface area contributed by atoms with Crippen LogP contribution < -0.4 is 5.73 Å². The first-order valence-corrected chi connectivity index (χ1v) is 6.87. The number of piperidine rings is 1. The highest BCUT2D eigenvalue weighted by Gasteiger charge is 2.22. The lowest BCUT2D eigenvalue weighted by Gasteiger charge is -2.33. The summed E-state index contributed by atoms with van der Waals surface area (Å²) in [6.07, 6.45) is 2.05. The Labute approximate surface area is 117 Å². The number of nitro benzene ring substituents is 1. The third kappa shape index (κ3) is 3.74. The second kappa shape index (κ2) is 6.28. The summed E-state index contributed by atoms with van der Waals surface area (Å²) in [6, 6.07) is 3.96. The summed E-state index contributed by atoms with van der Waals surface area (Å²) in [4.78, 5) is 12.4. The highest BCUT2D eigenvalue weighted by Crippen LogP contribution is 2.23. The average Bonchev–Trinajstić information content (AvgIpc) is 2.38. The van der Waals surface area contributed by atoms with Crippen LogP contribution in [-0.2, 0) is 6.54 Å². The number of benzene rings is 1. The molecule has 1 aromatic rings. The Bertz CT molecular complexity index is 485. The number of rotatable bonds is 4. The number of likely N-dealkylation sites (tertiary alicyclic amines) is 1. The summed E-state index contributed by atoms with van der Waals surface area (Å²) in [6.45, 7) is 4.37. The summed E-state index contributed by atoms with van der Waals surface area (Å²) in [5, 5.41) is 10.7. The van der Waals surface area contributed by atoms with Gasteiger partial charge in [0.1, 0.15) is 5.82 Å². The number of non-ortho nitro benzene ring substituents is 1. The van der Waals surface area contributed by atoms with Crippen LogP contribution >= 0.6 is 0 Å². The minimum atomic E-state index is -0.561. The van der Waals surface area contributed by atoms with Crippen LogP contribution in [0.3, 0.4) is 0 Å². The Balaban J connectivity index is 1.99. The molecule has 1 aromatic carbocycles. The zero-order valence-electron chi connectivity index (χ0n) is 11.6. The Morgan fingerprint density at radius 2 is 2.10 bits per heavy atom. The van der Waals surface area contributed by atoms with E-state index in [1.165, 1.54) is 12.1 Å². The van der Waals surface area contributed by atoms with Crippen molar-refractivity contribution in [2.45, 2.75) is 32.4 Å². The average molecular weight is 281 g/mol. The van der Waals surface area contributed by atoms with Crippen LogP contribution in [0.2, 0.25) is 0 Å². The molecular weight excluding hydrogens is 261 g/mol. The van der Waals surface area contributed by atoms with Gasteiger partial charge in [-0.15, -0.1) is 0 Å². The molecule has 2 rings (SSSR count). The monoisotopic (exact) mass is 281 g/mol. The number of halogens is 1. The first-order valence-electron chi connectivity index (χ1n) is 6.87. The highest BCUT2D eigenvalue weighted by molar-refractivity contribution is 5.35. The van der Waals surface area contributed by atoms with Crippen LogP contribution in [0.1, 0.15) is 25.3 Å². The number of hydrogen-bond acceptors (Lipinski definition) is 4. The molecule has 0 saturated carbocycles. The molecule has 0 aliphatic carbocycles. The Morgan fingerprint density at radius 3 is 2.65 bits per heavy atom. The van der Waals surface area contributed by atoms with Gasteiger partial charge in [0.2, 0.25) is 0 Å². The van der Waals surface area contributed by atoms with E-state index in [9.17, 15) is 14.5 Å². The van der Waals surface area contributed by atoms with Crippen LogP contribution in [-0.4, -0.2) is 29.0 Å². The van der Waals surface area contributed by atoms with Crippen molar-refractivity contribution >= 4 is 5.69 Å². The van der Waals surface area contributed by atoms with Crippen LogP contribution in [0.15, 0.2) is 18.2 Å². The maximum Gasteiger partial charge on any atom is 0.272 e. The van der Waals surface area contributed by atoms with Crippen molar-refractivity contribution in [2.75, 3.05) is 13.1 Å². The zero-order chi connectivity index (χ0) is 14.7. The lowest BCUT2D eigenvalue weighted by atomic mass is 9.91. The number of nitrogens with zero attached hydrogens (tertiary/aromatic N) is 2. The molecule has 1 aliphatic heterocycles. The fraction of sp³-hybridized carbons (Fsp3) is 0.571. The normalized spacial score (nSPS) is 18.9. The Morgan fingerprint density at radius 1 is 1.45 bits per heavy atom. The quantitative estimate of drug-likeness (QED) is 0.679. The van der Waals surface area contributed by atoms with Crippen LogP contribution in [0, 0.1) is 21.8 Å². The molecule has 0 spiro atoms. The first kappa shape index (κ1) is 14.9. The van der Waals surface area contributed by atoms with Crippen molar-refractivity contribution in [2.24, 2.45) is 11.7 Å². The zero-order valence-corrected chi connectivity index (χ0v) is 11.6. The molecule has 1 heterocycles. The largest absolute Gasteiger partial charge is 0.328 e. The van der Waals surface area contributed by atoms with Gasteiger partial charge in [0, 0.05) is 18.7 Å². The molecule has 1 aliphatic rings. The molecule has 5 nitrogen and oxygen atoms in total. The van der Waals surface area contributed by atoms with Gasteiger partial charge < -0.3 is 5.73 Å². The predicted octanol–water partition coefficient (Wildman–Crippen LogP) is 2.29. The number of nitrogens with two attached hydrogens (primary N) is 1. The fourth-order valence-electron chi connectivity index (χ4n) is 2.73. The number of nitro groups is 1. The van der Waals surface area contributed by atoms with Crippen molar-refractivity contribution in [3.05, 3.63) is 39.7 Å². The van der Waals surface area contributed by atoms with E-state index >= 15 is 0 Å². The summed E-state index contributed by atoms with van der Waals surface area (Å²) in [5.41, 5.74) is 6.35. The first-order chi connectivity index (χ1) is 9.45. The molecule has 6 heteroatoms. The Kier molecular flexibility index (Phi) is 4.67. The van der Waals surface area contributed by atoms with Crippen molar-refractivity contribution in [3.63, 3.8) is 0 Å².